The maximum Gasteiger partial charge on any atom is 0.253 e. The number of carbonyl (C=O) groups excluding carboxylic acids is 1. The van der Waals surface area contributed by atoms with E-state index in [0.29, 0.717) is 13.1 Å². The van der Waals surface area contributed by atoms with Gasteiger partial charge < -0.3 is 10.0 Å². The number of fused-ring (bicyclic) bond motifs is 1. The molecule has 1 aromatic rings. The van der Waals surface area contributed by atoms with E-state index >= 15 is 0 Å². The maximum absolute atomic E-state index is 12.5. The Labute approximate surface area is 128 Å². The van der Waals surface area contributed by atoms with E-state index in [-0.39, 0.29) is 11.8 Å². The van der Waals surface area contributed by atoms with Gasteiger partial charge in [-0.25, -0.2) is 0 Å². The molecule has 2 aliphatic rings. The Bertz CT molecular complexity index is 502. The summed E-state index contributed by atoms with van der Waals surface area (Å²) < 4.78 is 0.981. The van der Waals surface area contributed by atoms with Crippen molar-refractivity contribution >= 4 is 21.8 Å². The van der Waals surface area contributed by atoms with Gasteiger partial charge in [-0.3, -0.25) is 4.79 Å². The second kappa shape index (κ2) is 5.49. The highest BCUT2D eigenvalue weighted by molar-refractivity contribution is 9.10. The molecule has 3 nitrogen and oxygen atoms in total. The van der Waals surface area contributed by atoms with Gasteiger partial charge in [-0.2, -0.15) is 0 Å². The Hall–Kier alpha value is -0.870. The van der Waals surface area contributed by atoms with Crippen LogP contribution in [-0.2, 0) is 0 Å². The summed E-state index contributed by atoms with van der Waals surface area (Å²) in [5.74, 6) is 0.342. The molecule has 4 heteroatoms. The van der Waals surface area contributed by atoms with E-state index in [0.717, 1.165) is 35.7 Å². The molecule has 1 saturated carbocycles. The predicted molar refractivity (Wildman–Crippen MR) is 81.6 cm³/mol. The average molecular weight is 338 g/mol. The SMILES string of the molecule is O=C(c1ccc(Br)cc1)N1CC[C@@]2(O)CCCC[C@H]2C1. The van der Waals surface area contributed by atoms with Crippen molar-refractivity contribution in [2.75, 3.05) is 13.1 Å². The Morgan fingerprint density at radius 2 is 2.00 bits per heavy atom. The third-order valence-electron chi connectivity index (χ3n) is 4.81. The zero-order valence-corrected chi connectivity index (χ0v) is 13.1. The van der Waals surface area contributed by atoms with Gasteiger partial charge in [0.25, 0.3) is 5.91 Å². The number of likely N-dealkylation sites (tertiary alicyclic amines) is 1. The van der Waals surface area contributed by atoms with Crippen molar-refractivity contribution in [1.29, 1.82) is 0 Å². The van der Waals surface area contributed by atoms with Gasteiger partial charge in [-0.15, -0.1) is 0 Å². The zero-order chi connectivity index (χ0) is 14.2. The fraction of sp³-hybridized carbons (Fsp3) is 0.562. The number of rotatable bonds is 1. The first-order valence-electron chi connectivity index (χ1n) is 7.36. The molecule has 1 aromatic carbocycles. The quantitative estimate of drug-likeness (QED) is 0.854. The average Bonchev–Trinajstić information content (AvgIpc) is 2.46. The molecule has 1 N–H and O–H groups in total. The largest absolute Gasteiger partial charge is 0.389 e. The highest BCUT2D eigenvalue weighted by atomic mass is 79.9. The van der Waals surface area contributed by atoms with Crippen molar-refractivity contribution < 1.29 is 9.90 Å². The molecule has 1 heterocycles. The van der Waals surface area contributed by atoms with Gasteiger partial charge in [0.15, 0.2) is 0 Å². The van der Waals surface area contributed by atoms with Crippen LogP contribution >= 0.6 is 15.9 Å². The van der Waals surface area contributed by atoms with Gasteiger partial charge in [0.2, 0.25) is 0 Å². The van der Waals surface area contributed by atoms with E-state index in [1.54, 1.807) is 0 Å². The van der Waals surface area contributed by atoms with Crippen LogP contribution in [0.5, 0.6) is 0 Å². The van der Waals surface area contributed by atoms with Crippen molar-refractivity contribution in [3.05, 3.63) is 34.3 Å². The van der Waals surface area contributed by atoms with Crippen molar-refractivity contribution in [1.82, 2.24) is 4.90 Å². The molecule has 1 saturated heterocycles. The van der Waals surface area contributed by atoms with Gasteiger partial charge in [0, 0.05) is 29.0 Å². The zero-order valence-electron chi connectivity index (χ0n) is 11.5. The molecule has 108 valence electrons. The van der Waals surface area contributed by atoms with Gasteiger partial charge in [-0.05, 0) is 43.5 Å². The van der Waals surface area contributed by atoms with Gasteiger partial charge in [0.1, 0.15) is 0 Å². The molecule has 1 aliphatic heterocycles. The molecular formula is C16H20BrNO2. The number of halogens is 1. The lowest BCUT2D eigenvalue weighted by Crippen LogP contribution is -2.54. The Morgan fingerprint density at radius 3 is 2.75 bits per heavy atom. The fourth-order valence-electron chi connectivity index (χ4n) is 3.53. The van der Waals surface area contributed by atoms with Crippen LogP contribution in [0.4, 0.5) is 0 Å². The molecule has 1 amide bonds. The molecule has 0 aromatic heterocycles. The lowest BCUT2D eigenvalue weighted by Gasteiger charge is -2.47. The Morgan fingerprint density at radius 1 is 1.25 bits per heavy atom. The number of carbonyl (C=O) groups is 1. The van der Waals surface area contributed by atoms with Gasteiger partial charge in [0.05, 0.1) is 5.60 Å². The number of piperidine rings is 1. The number of nitrogens with zero attached hydrogens (tertiary/aromatic N) is 1. The van der Waals surface area contributed by atoms with Crippen molar-refractivity contribution in [3.63, 3.8) is 0 Å². The molecule has 0 radical (unpaired) electrons. The minimum atomic E-state index is -0.519. The van der Waals surface area contributed by atoms with Crippen LogP contribution in [0.15, 0.2) is 28.7 Å². The second-order valence-corrected chi connectivity index (χ2v) is 6.97. The fourth-order valence-corrected chi connectivity index (χ4v) is 3.79. The smallest absolute Gasteiger partial charge is 0.253 e. The first-order valence-corrected chi connectivity index (χ1v) is 8.15. The Kier molecular flexibility index (Phi) is 3.87. The van der Waals surface area contributed by atoms with Crippen LogP contribution < -0.4 is 0 Å². The molecule has 0 bridgehead atoms. The van der Waals surface area contributed by atoms with Crippen LogP contribution in [-0.4, -0.2) is 34.6 Å². The minimum absolute atomic E-state index is 0.0881. The van der Waals surface area contributed by atoms with E-state index in [2.05, 4.69) is 15.9 Å². The standard InChI is InChI=1S/C16H20BrNO2/c17-14-6-4-12(5-7-14)15(19)18-10-9-16(20)8-2-1-3-13(16)11-18/h4-7,13,20H,1-3,8-11H2/t13-,16-/m0/s1. The third kappa shape index (κ3) is 2.63. The maximum atomic E-state index is 12.5. The number of benzene rings is 1. The first-order chi connectivity index (χ1) is 9.58. The van der Waals surface area contributed by atoms with Gasteiger partial charge >= 0.3 is 0 Å². The number of hydrogen-bond donors (Lipinski definition) is 1. The molecule has 20 heavy (non-hydrogen) atoms. The summed E-state index contributed by atoms with van der Waals surface area (Å²) in [6.45, 7) is 1.37. The normalized spacial score (nSPS) is 29.9. The van der Waals surface area contributed by atoms with E-state index in [1.165, 1.54) is 6.42 Å². The molecule has 2 atom stereocenters. The van der Waals surface area contributed by atoms with E-state index in [1.807, 2.05) is 29.2 Å². The summed E-state index contributed by atoms with van der Waals surface area (Å²) in [5.41, 5.74) is 0.212. The van der Waals surface area contributed by atoms with Crippen molar-refractivity contribution in [2.45, 2.75) is 37.7 Å². The molecule has 0 spiro atoms. The van der Waals surface area contributed by atoms with Crippen LogP contribution in [0.1, 0.15) is 42.5 Å². The predicted octanol–water partition coefficient (Wildman–Crippen LogP) is 3.22. The summed E-state index contributed by atoms with van der Waals surface area (Å²) in [4.78, 5) is 14.4. The van der Waals surface area contributed by atoms with Crippen LogP contribution in [0.2, 0.25) is 0 Å². The minimum Gasteiger partial charge on any atom is -0.389 e. The highest BCUT2D eigenvalue weighted by Crippen LogP contribution is 2.40. The third-order valence-corrected chi connectivity index (χ3v) is 5.33. The lowest BCUT2D eigenvalue weighted by molar-refractivity contribution is -0.0886. The lowest BCUT2D eigenvalue weighted by atomic mass is 9.71. The molecule has 3 rings (SSSR count). The first kappa shape index (κ1) is 14.1. The summed E-state index contributed by atoms with van der Waals surface area (Å²) in [6, 6.07) is 7.50. The van der Waals surface area contributed by atoms with Gasteiger partial charge in [-0.1, -0.05) is 28.8 Å². The molecular weight excluding hydrogens is 318 g/mol. The van der Waals surface area contributed by atoms with Crippen molar-refractivity contribution in [2.24, 2.45) is 5.92 Å². The Balaban J connectivity index is 1.72. The summed E-state index contributed by atoms with van der Waals surface area (Å²) in [7, 11) is 0. The van der Waals surface area contributed by atoms with E-state index < -0.39 is 5.60 Å². The number of aliphatic hydroxyl groups is 1. The topological polar surface area (TPSA) is 40.5 Å². The molecule has 2 fully saturated rings. The van der Waals surface area contributed by atoms with Crippen LogP contribution in [0.25, 0.3) is 0 Å². The summed E-state index contributed by atoms with van der Waals surface area (Å²) >= 11 is 3.39. The number of hydrogen-bond acceptors (Lipinski definition) is 2. The van der Waals surface area contributed by atoms with Crippen LogP contribution in [0.3, 0.4) is 0 Å². The monoisotopic (exact) mass is 337 g/mol. The van der Waals surface area contributed by atoms with E-state index in [9.17, 15) is 9.90 Å². The van der Waals surface area contributed by atoms with Crippen LogP contribution in [0, 0.1) is 5.92 Å². The van der Waals surface area contributed by atoms with Crippen molar-refractivity contribution in [3.8, 4) is 0 Å². The molecule has 0 unspecified atom stereocenters. The van der Waals surface area contributed by atoms with E-state index in [4.69, 9.17) is 0 Å². The number of amides is 1. The highest BCUT2D eigenvalue weighted by Gasteiger charge is 2.43. The summed E-state index contributed by atoms with van der Waals surface area (Å²) in [5, 5.41) is 10.7. The second-order valence-electron chi connectivity index (χ2n) is 6.05. The molecule has 1 aliphatic carbocycles. The summed E-state index contributed by atoms with van der Waals surface area (Å²) in [6.07, 6.45) is 4.96.